The van der Waals surface area contributed by atoms with Gasteiger partial charge in [-0.1, -0.05) is 54.5 Å². The predicted molar refractivity (Wildman–Crippen MR) is 123 cm³/mol. The van der Waals surface area contributed by atoms with Gasteiger partial charge in [-0.3, -0.25) is 4.99 Å². The molecule has 0 amide bonds. The number of hydrogen-bond donors (Lipinski definition) is 0. The van der Waals surface area contributed by atoms with Gasteiger partial charge in [0.05, 0.1) is 5.71 Å². The second kappa shape index (κ2) is 10.8. The molecular formula is C26H38N2. The van der Waals surface area contributed by atoms with Gasteiger partial charge < -0.3 is 4.90 Å². The number of allylic oxidation sites excluding steroid dienone is 9. The second-order valence-corrected chi connectivity index (χ2v) is 8.71. The molecule has 0 aromatic heterocycles. The van der Waals surface area contributed by atoms with E-state index in [0.717, 1.165) is 12.1 Å². The van der Waals surface area contributed by atoms with Crippen molar-refractivity contribution in [2.24, 2.45) is 16.8 Å². The Balaban J connectivity index is 1.49. The minimum Gasteiger partial charge on any atom is -0.303 e. The Morgan fingerprint density at radius 3 is 2.71 bits per heavy atom. The highest BCUT2D eigenvalue weighted by Crippen LogP contribution is 2.26. The molecule has 1 heterocycles. The first kappa shape index (κ1) is 21.0. The van der Waals surface area contributed by atoms with Gasteiger partial charge in [0, 0.05) is 13.6 Å². The standard InChI is InChI=1S/C26H38N2/c1-21-10-12-25(13-11-21)26(27-3)20-22(2)24-15-18-28(19-16-24)17-14-23-8-6-4-5-7-9-23/h6,8-10,12-13,20-21,24H,4-5,7,11,14-19H2,1-3H3/b22-20+,27-26?. The average molecular weight is 379 g/mol. The summed E-state index contributed by atoms with van der Waals surface area (Å²) >= 11 is 0. The molecule has 1 saturated heterocycles. The zero-order valence-corrected chi connectivity index (χ0v) is 18.2. The van der Waals surface area contributed by atoms with Crippen LogP contribution in [0.1, 0.15) is 58.8 Å². The van der Waals surface area contributed by atoms with Crippen molar-refractivity contribution in [2.45, 2.75) is 58.8 Å². The van der Waals surface area contributed by atoms with E-state index in [2.05, 4.69) is 66.3 Å². The van der Waals surface area contributed by atoms with Crippen molar-refractivity contribution in [3.8, 4) is 0 Å². The van der Waals surface area contributed by atoms with Crippen molar-refractivity contribution < 1.29 is 0 Å². The molecule has 1 fully saturated rings. The summed E-state index contributed by atoms with van der Waals surface area (Å²) in [4.78, 5) is 7.23. The van der Waals surface area contributed by atoms with E-state index in [1.54, 1.807) is 5.57 Å². The lowest BCUT2D eigenvalue weighted by atomic mass is 9.87. The summed E-state index contributed by atoms with van der Waals surface area (Å²) in [7, 11) is 1.92. The van der Waals surface area contributed by atoms with Gasteiger partial charge >= 0.3 is 0 Å². The molecule has 2 aliphatic carbocycles. The van der Waals surface area contributed by atoms with Crippen LogP contribution in [0.4, 0.5) is 0 Å². The first-order valence-corrected chi connectivity index (χ1v) is 11.3. The van der Waals surface area contributed by atoms with E-state index in [0.29, 0.717) is 11.8 Å². The summed E-state index contributed by atoms with van der Waals surface area (Å²) in [6.45, 7) is 8.24. The van der Waals surface area contributed by atoms with E-state index in [1.165, 1.54) is 69.3 Å². The molecule has 3 rings (SSSR count). The van der Waals surface area contributed by atoms with Crippen molar-refractivity contribution in [1.29, 1.82) is 0 Å². The number of hydrogen-bond acceptors (Lipinski definition) is 2. The minimum atomic E-state index is 0.653. The molecule has 3 aliphatic rings. The SMILES string of the molecule is CN=C(/C=C(\C)C1CCN(CCC2=CCCCC=C2)CC1)C1=CCC(C)C=C1. The Hall–Kier alpha value is -1.67. The van der Waals surface area contributed by atoms with E-state index in [9.17, 15) is 0 Å². The van der Waals surface area contributed by atoms with E-state index < -0.39 is 0 Å². The molecule has 2 heteroatoms. The number of piperidine rings is 1. The van der Waals surface area contributed by atoms with Gasteiger partial charge in [0.25, 0.3) is 0 Å². The number of rotatable bonds is 6. The Kier molecular flexibility index (Phi) is 8.09. The summed E-state index contributed by atoms with van der Waals surface area (Å²) in [5.74, 6) is 1.36. The average Bonchev–Trinajstić information content (AvgIpc) is 3.00. The number of aliphatic imine (C=N–C) groups is 1. The lowest BCUT2D eigenvalue weighted by Crippen LogP contribution is -2.35. The van der Waals surface area contributed by atoms with Gasteiger partial charge in [-0.15, -0.1) is 0 Å². The lowest BCUT2D eigenvalue weighted by Gasteiger charge is -2.32. The van der Waals surface area contributed by atoms with Crippen molar-refractivity contribution in [1.82, 2.24) is 4.90 Å². The van der Waals surface area contributed by atoms with Crippen LogP contribution in [-0.4, -0.2) is 37.3 Å². The third-order valence-corrected chi connectivity index (χ3v) is 6.48. The Labute approximate surface area is 172 Å². The first-order chi connectivity index (χ1) is 13.7. The maximum atomic E-state index is 4.57. The van der Waals surface area contributed by atoms with Crippen LogP contribution < -0.4 is 0 Å². The normalized spacial score (nSPS) is 25.5. The smallest absolute Gasteiger partial charge is 0.0639 e. The van der Waals surface area contributed by atoms with Crippen LogP contribution in [0, 0.1) is 11.8 Å². The minimum absolute atomic E-state index is 0.653. The van der Waals surface area contributed by atoms with E-state index in [1.807, 2.05) is 7.05 Å². The van der Waals surface area contributed by atoms with Gasteiger partial charge in [0.2, 0.25) is 0 Å². The van der Waals surface area contributed by atoms with Crippen molar-refractivity contribution in [3.63, 3.8) is 0 Å². The molecule has 0 saturated carbocycles. The molecule has 0 N–H and O–H groups in total. The zero-order valence-electron chi connectivity index (χ0n) is 18.2. The molecule has 1 aliphatic heterocycles. The van der Waals surface area contributed by atoms with E-state index in [-0.39, 0.29) is 0 Å². The molecule has 1 atom stereocenters. The fourth-order valence-corrected chi connectivity index (χ4v) is 4.44. The maximum absolute atomic E-state index is 4.57. The lowest BCUT2D eigenvalue weighted by molar-refractivity contribution is 0.201. The summed E-state index contributed by atoms with van der Waals surface area (Å²) in [6.07, 6.45) is 25.1. The van der Waals surface area contributed by atoms with Crippen LogP contribution in [0.15, 0.2) is 64.2 Å². The van der Waals surface area contributed by atoms with Crippen molar-refractivity contribution in [3.05, 3.63) is 59.3 Å². The molecule has 0 spiro atoms. The first-order valence-electron chi connectivity index (χ1n) is 11.3. The third kappa shape index (κ3) is 6.17. The number of nitrogens with zero attached hydrogens (tertiary/aromatic N) is 2. The molecule has 1 unspecified atom stereocenters. The molecule has 0 aromatic carbocycles. The van der Waals surface area contributed by atoms with Gasteiger partial charge in [-0.25, -0.2) is 0 Å². The fourth-order valence-electron chi connectivity index (χ4n) is 4.44. The summed E-state index contributed by atoms with van der Waals surface area (Å²) in [6, 6.07) is 0. The highest BCUT2D eigenvalue weighted by atomic mass is 15.1. The van der Waals surface area contributed by atoms with Crippen LogP contribution in [0.3, 0.4) is 0 Å². The summed E-state index contributed by atoms with van der Waals surface area (Å²) in [5.41, 5.74) is 5.49. The molecule has 0 radical (unpaired) electrons. The Morgan fingerprint density at radius 2 is 2.00 bits per heavy atom. The van der Waals surface area contributed by atoms with Crippen LogP contribution in [0.5, 0.6) is 0 Å². The van der Waals surface area contributed by atoms with Gasteiger partial charge in [-0.2, -0.15) is 0 Å². The highest BCUT2D eigenvalue weighted by molar-refractivity contribution is 6.10. The van der Waals surface area contributed by atoms with Gasteiger partial charge in [0.15, 0.2) is 0 Å². The maximum Gasteiger partial charge on any atom is 0.0639 e. The van der Waals surface area contributed by atoms with Crippen LogP contribution in [-0.2, 0) is 0 Å². The van der Waals surface area contributed by atoms with Crippen LogP contribution in [0.25, 0.3) is 0 Å². The second-order valence-electron chi connectivity index (χ2n) is 8.71. The van der Waals surface area contributed by atoms with E-state index in [4.69, 9.17) is 0 Å². The van der Waals surface area contributed by atoms with Crippen LogP contribution in [0.2, 0.25) is 0 Å². The third-order valence-electron chi connectivity index (χ3n) is 6.48. The number of likely N-dealkylation sites (tertiary alicyclic amines) is 1. The topological polar surface area (TPSA) is 15.6 Å². The fraction of sp³-hybridized carbons (Fsp3) is 0.577. The molecule has 0 bridgehead atoms. The molecular weight excluding hydrogens is 340 g/mol. The quantitative estimate of drug-likeness (QED) is 0.496. The molecule has 28 heavy (non-hydrogen) atoms. The predicted octanol–water partition coefficient (Wildman–Crippen LogP) is 6.29. The van der Waals surface area contributed by atoms with Crippen molar-refractivity contribution >= 4 is 5.71 Å². The molecule has 152 valence electrons. The summed E-state index contributed by atoms with van der Waals surface area (Å²) in [5, 5.41) is 0. The van der Waals surface area contributed by atoms with E-state index >= 15 is 0 Å². The Morgan fingerprint density at radius 1 is 1.18 bits per heavy atom. The monoisotopic (exact) mass is 378 g/mol. The Bertz CT molecular complexity index is 694. The van der Waals surface area contributed by atoms with Crippen molar-refractivity contribution in [2.75, 3.05) is 26.7 Å². The molecule has 2 nitrogen and oxygen atoms in total. The van der Waals surface area contributed by atoms with Gasteiger partial charge in [0.1, 0.15) is 0 Å². The van der Waals surface area contributed by atoms with Gasteiger partial charge in [-0.05, 0) is 88.4 Å². The zero-order chi connectivity index (χ0) is 19.8. The summed E-state index contributed by atoms with van der Waals surface area (Å²) < 4.78 is 0. The molecule has 0 aromatic rings. The van der Waals surface area contributed by atoms with Crippen LogP contribution >= 0.6 is 0 Å². The largest absolute Gasteiger partial charge is 0.303 e. The highest BCUT2D eigenvalue weighted by Gasteiger charge is 2.21.